The maximum Gasteiger partial charge on any atom is 0.144 e. The molecule has 100 valence electrons. The molecule has 2 aromatic carbocycles. The van der Waals surface area contributed by atoms with Crippen LogP contribution in [0.5, 0.6) is 5.75 Å². The van der Waals surface area contributed by atoms with Crippen LogP contribution < -0.4 is 10.1 Å². The van der Waals surface area contributed by atoms with Crippen molar-refractivity contribution in [2.45, 2.75) is 13.5 Å². The number of anilines is 1. The number of hydrogen-bond acceptors (Lipinski definition) is 2. The maximum absolute atomic E-state index is 13.1. The molecule has 0 saturated carbocycles. The number of halogens is 2. The van der Waals surface area contributed by atoms with E-state index < -0.39 is 0 Å². The van der Waals surface area contributed by atoms with Crippen LogP contribution in [0, 0.1) is 12.7 Å². The van der Waals surface area contributed by atoms with Crippen molar-refractivity contribution in [3.8, 4) is 5.75 Å². The van der Waals surface area contributed by atoms with Crippen LogP contribution in [0.2, 0.25) is 0 Å². The first kappa shape index (κ1) is 13.9. The average Bonchev–Trinajstić information content (AvgIpc) is 2.41. The van der Waals surface area contributed by atoms with Gasteiger partial charge in [-0.15, -0.1) is 0 Å². The van der Waals surface area contributed by atoms with E-state index in [1.165, 1.54) is 24.8 Å². The van der Waals surface area contributed by atoms with Gasteiger partial charge in [0.15, 0.2) is 0 Å². The molecule has 2 rings (SSSR count). The Bertz CT molecular complexity index is 586. The van der Waals surface area contributed by atoms with E-state index in [0.717, 1.165) is 15.7 Å². The van der Waals surface area contributed by atoms with Gasteiger partial charge in [-0.3, -0.25) is 0 Å². The highest BCUT2D eigenvalue weighted by Crippen LogP contribution is 2.26. The predicted octanol–water partition coefficient (Wildman–Crippen LogP) is 4.52. The van der Waals surface area contributed by atoms with E-state index in [9.17, 15) is 4.39 Å². The molecule has 0 aliphatic heterocycles. The first-order valence-corrected chi connectivity index (χ1v) is 6.72. The van der Waals surface area contributed by atoms with Crippen molar-refractivity contribution in [3.63, 3.8) is 0 Å². The number of nitrogens with one attached hydrogen (secondary N) is 1. The fourth-order valence-electron chi connectivity index (χ4n) is 1.83. The molecule has 0 radical (unpaired) electrons. The molecule has 0 fully saturated rings. The Hall–Kier alpha value is -1.55. The first-order chi connectivity index (χ1) is 9.10. The van der Waals surface area contributed by atoms with Crippen LogP contribution in [0.3, 0.4) is 0 Å². The Kier molecular flexibility index (Phi) is 4.43. The van der Waals surface area contributed by atoms with Gasteiger partial charge >= 0.3 is 0 Å². The molecule has 0 spiro atoms. The van der Waals surface area contributed by atoms with Gasteiger partial charge in [-0.25, -0.2) is 4.39 Å². The molecule has 0 amide bonds. The fourth-order valence-corrected chi connectivity index (χ4v) is 2.07. The van der Waals surface area contributed by atoms with E-state index in [-0.39, 0.29) is 5.82 Å². The Morgan fingerprint density at radius 3 is 2.68 bits per heavy atom. The largest absolute Gasteiger partial charge is 0.494 e. The molecule has 0 unspecified atom stereocenters. The van der Waals surface area contributed by atoms with E-state index in [1.54, 1.807) is 6.07 Å². The average molecular weight is 324 g/mol. The van der Waals surface area contributed by atoms with E-state index >= 15 is 0 Å². The van der Waals surface area contributed by atoms with Crippen molar-refractivity contribution in [1.29, 1.82) is 0 Å². The molecule has 2 nitrogen and oxygen atoms in total. The van der Waals surface area contributed by atoms with Crippen molar-refractivity contribution < 1.29 is 9.13 Å². The van der Waals surface area contributed by atoms with Gasteiger partial charge in [-0.05, 0) is 36.2 Å². The summed E-state index contributed by atoms with van der Waals surface area (Å²) in [4.78, 5) is 0. The Balaban J connectivity index is 2.12. The molecule has 4 heteroatoms. The quantitative estimate of drug-likeness (QED) is 0.893. The molecule has 0 aliphatic rings. The smallest absolute Gasteiger partial charge is 0.144 e. The van der Waals surface area contributed by atoms with Gasteiger partial charge in [0.05, 0.1) is 12.8 Å². The monoisotopic (exact) mass is 323 g/mol. The lowest BCUT2D eigenvalue weighted by Crippen LogP contribution is -2.02. The van der Waals surface area contributed by atoms with Crippen molar-refractivity contribution in [1.82, 2.24) is 0 Å². The number of methoxy groups -OCH3 is 1. The molecule has 0 heterocycles. The Morgan fingerprint density at radius 2 is 2.00 bits per heavy atom. The molecular weight excluding hydrogens is 309 g/mol. The lowest BCUT2D eigenvalue weighted by atomic mass is 10.1. The van der Waals surface area contributed by atoms with Crippen LogP contribution in [0.4, 0.5) is 10.1 Å². The zero-order valence-electron chi connectivity index (χ0n) is 10.8. The highest BCUT2D eigenvalue weighted by molar-refractivity contribution is 9.10. The normalized spacial score (nSPS) is 10.3. The van der Waals surface area contributed by atoms with Gasteiger partial charge in [-0.1, -0.05) is 28.1 Å². The summed E-state index contributed by atoms with van der Waals surface area (Å²) >= 11 is 3.47. The summed E-state index contributed by atoms with van der Waals surface area (Å²) in [6, 6.07) is 10.6. The van der Waals surface area contributed by atoms with Gasteiger partial charge in [0, 0.05) is 17.1 Å². The third kappa shape index (κ3) is 3.47. The molecule has 0 bridgehead atoms. The van der Waals surface area contributed by atoms with E-state index in [0.29, 0.717) is 12.3 Å². The van der Waals surface area contributed by atoms with Gasteiger partial charge in [0.25, 0.3) is 0 Å². The number of benzene rings is 2. The van der Waals surface area contributed by atoms with Crippen LogP contribution in [-0.2, 0) is 6.54 Å². The molecule has 1 N–H and O–H groups in total. The lowest BCUT2D eigenvalue weighted by Gasteiger charge is -2.12. The standard InChI is InChI=1S/C15H15BrFNO/c1-10-7-11(3-5-13(10)16)9-18-14-6-4-12(17)8-15(14)19-2/h3-8,18H,9H2,1-2H3. The molecular formula is C15H15BrFNO. The summed E-state index contributed by atoms with van der Waals surface area (Å²) in [5, 5.41) is 3.25. The van der Waals surface area contributed by atoms with E-state index in [1.807, 2.05) is 19.1 Å². The summed E-state index contributed by atoms with van der Waals surface area (Å²) in [7, 11) is 1.53. The minimum absolute atomic E-state index is 0.304. The predicted molar refractivity (Wildman–Crippen MR) is 79.2 cm³/mol. The van der Waals surface area contributed by atoms with Gasteiger partial charge < -0.3 is 10.1 Å². The summed E-state index contributed by atoms with van der Waals surface area (Å²) in [6.45, 7) is 2.71. The zero-order chi connectivity index (χ0) is 13.8. The van der Waals surface area contributed by atoms with Crippen molar-refractivity contribution in [2.75, 3.05) is 12.4 Å². The molecule has 0 atom stereocenters. The van der Waals surface area contributed by atoms with Gasteiger partial charge in [0.2, 0.25) is 0 Å². The van der Waals surface area contributed by atoms with Crippen molar-refractivity contribution in [2.24, 2.45) is 0 Å². The maximum atomic E-state index is 13.1. The second-order valence-electron chi connectivity index (χ2n) is 4.28. The lowest BCUT2D eigenvalue weighted by molar-refractivity contribution is 0.413. The van der Waals surface area contributed by atoms with Crippen LogP contribution in [0.15, 0.2) is 40.9 Å². The topological polar surface area (TPSA) is 21.3 Å². The highest BCUT2D eigenvalue weighted by Gasteiger charge is 2.04. The summed E-state index contributed by atoms with van der Waals surface area (Å²) in [5.74, 6) is 0.204. The number of hydrogen-bond donors (Lipinski definition) is 1. The Morgan fingerprint density at radius 1 is 1.21 bits per heavy atom. The summed E-state index contributed by atoms with van der Waals surface area (Å²) in [6.07, 6.45) is 0. The van der Waals surface area contributed by atoms with Crippen LogP contribution in [-0.4, -0.2) is 7.11 Å². The molecule has 0 saturated heterocycles. The van der Waals surface area contributed by atoms with Crippen LogP contribution >= 0.6 is 15.9 Å². The molecule has 19 heavy (non-hydrogen) atoms. The SMILES string of the molecule is COc1cc(F)ccc1NCc1ccc(Br)c(C)c1. The first-order valence-electron chi connectivity index (χ1n) is 5.92. The van der Waals surface area contributed by atoms with E-state index in [4.69, 9.17) is 4.74 Å². The third-order valence-corrected chi connectivity index (χ3v) is 3.76. The molecule has 0 aliphatic carbocycles. The van der Waals surface area contributed by atoms with Crippen LogP contribution in [0.25, 0.3) is 0 Å². The number of rotatable bonds is 4. The second-order valence-corrected chi connectivity index (χ2v) is 5.14. The summed E-state index contributed by atoms with van der Waals surface area (Å²) < 4.78 is 19.3. The van der Waals surface area contributed by atoms with Gasteiger partial charge in [-0.2, -0.15) is 0 Å². The van der Waals surface area contributed by atoms with Crippen molar-refractivity contribution in [3.05, 3.63) is 57.8 Å². The van der Waals surface area contributed by atoms with E-state index in [2.05, 4.69) is 27.3 Å². The molecule has 0 aromatic heterocycles. The Labute approximate surface area is 120 Å². The number of aryl methyl sites for hydroxylation is 1. The zero-order valence-corrected chi connectivity index (χ0v) is 12.4. The third-order valence-electron chi connectivity index (χ3n) is 2.87. The minimum Gasteiger partial charge on any atom is -0.494 e. The van der Waals surface area contributed by atoms with Crippen LogP contribution in [0.1, 0.15) is 11.1 Å². The minimum atomic E-state index is -0.304. The summed E-state index contributed by atoms with van der Waals surface area (Å²) in [5.41, 5.74) is 3.13. The van der Waals surface area contributed by atoms with Crippen molar-refractivity contribution >= 4 is 21.6 Å². The second kappa shape index (κ2) is 6.06. The molecule has 2 aromatic rings. The van der Waals surface area contributed by atoms with Gasteiger partial charge in [0.1, 0.15) is 11.6 Å². The number of ether oxygens (including phenoxy) is 1. The highest BCUT2D eigenvalue weighted by atomic mass is 79.9. The fraction of sp³-hybridized carbons (Fsp3) is 0.200.